The van der Waals surface area contributed by atoms with Crippen molar-refractivity contribution < 1.29 is 9.47 Å². The molecular formula is C13H16ClNO2. The third-order valence-electron chi connectivity index (χ3n) is 2.69. The van der Waals surface area contributed by atoms with Gasteiger partial charge in [0, 0.05) is 23.7 Å². The van der Waals surface area contributed by atoms with E-state index < -0.39 is 0 Å². The van der Waals surface area contributed by atoms with Crippen LogP contribution in [0.4, 0.5) is 0 Å². The van der Waals surface area contributed by atoms with Crippen molar-refractivity contribution in [3.05, 3.63) is 28.3 Å². The number of nitrogens with two attached hydrogens (primary N) is 1. The largest absolute Gasteiger partial charge is 0.454 e. The Kier molecular flexibility index (Phi) is 3.60. The molecule has 2 rings (SSSR count). The summed E-state index contributed by atoms with van der Waals surface area (Å²) in [5.74, 6) is 1.84. The number of benzene rings is 1. The summed E-state index contributed by atoms with van der Waals surface area (Å²) in [4.78, 5) is 0. The highest BCUT2D eigenvalue weighted by Crippen LogP contribution is 2.44. The molecule has 1 heterocycles. The molecule has 0 fully saturated rings. The van der Waals surface area contributed by atoms with E-state index in [2.05, 4.69) is 13.8 Å². The van der Waals surface area contributed by atoms with Gasteiger partial charge >= 0.3 is 0 Å². The molecule has 0 amide bonds. The van der Waals surface area contributed by atoms with E-state index in [0.717, 1.165) is 22.6 Å². The molecule has 0 unspecified atom stereocenters. The van der Waals surface area contributed by atoms with Gasteiger partial charge in [-0.1, -0.05) is 37.6 Å². The SMILES string of the molecule is CC(C)c1c(/C=C/CN)c(Cl)cc2c1OCO2. The molecule has 0 atom stereocenters. The Hall–Kier alpha value is -1.19. The maximum Gasteiger partial charge on any atom is 0.231 e. The normalized spacial score (nSPS) is 13.9. The second-order valence-electron chi connectivity index (χ2n) is 4.21. The molecule has 0 saturated heterocycles. The lowest BCUT2D eigenvalue weighted by atomic mass is 9.95. The summed E-state index contributed by atoms with van der Waals surface area (Å²) in [5.41, 5.74) is 7.53. The van der Waals surface area contributed by atoms with Crippen LogP contribution in [-0.2, 0) is 0 Å². The molecule has 2 N–H and O–H groups in total. The first-order valence-electron chi connectivity index (χ1n) is 5.63. The van der Waals surface area contributed by atoms with Crippen LogP contribution in [0.25, 0.3) is 6.08 Å². The third-order valence-corrected chi connectivity index (χ3v) is 3.00. The van der Waals surface area contributed by atoms with Crippen molar-refractivity contribution in [1.82, 2.24) is 0 Å². The Morgan fingerprint density at radius 3 is 2.88 bits per heavy atom. The Bertz CT molecular complexity index is 455. The molecule has 3 nitrogen and oxygen atoms in total. The topological polar surface area (TPSA) is 44.5 Å². The number of halogens is 1. The van der Waals surface area contributed by atoms with Crippen molar-refractivity contribution >= 4 is 17.7 Å². The van der Waals surface area contributed by atoms with Crippen LogP contribution in [0.1, 0.15) is 30.9 Å². The van der Waals surface area contributed by atoms with Crippen molar-refractivity contribution in [2.24, 2.45) is 5.73 Å². The molecule has 17 heavy (non-hydrogen) atoms. The van der Waals surface area contributed by atoms with Crippen LogP contribution in [0, 0.1) is 0 Å². The zero-order valence-corrected chi connectivity index (χ0v) is 10.8. The molecule has 92 valence electrons. The van der Waals surface area contributed by atoms with Gasteiger partial charge in [0.15, 0.2) is 11.5 Å². The zero-order chi connectivity index (χ0) is 12.4. The lowest BCUT2D eigenvalue weighted by Crippen LogP contribution is -1.98. The standard InChI is InChI=1S/C13H16ClNO2/c1-8(2)12-9(4-3-5-15)10(14)6-11-13(12)17-7-16-11/h3-4,6,8H,5,7,15H2,1-2H3/b4-3+. The van der Waals surface area contributed by atoms with E-state index in [1.54, 1.807) is 6.07 Å². The molecule has 0 spiro atoms. The highest BCUT2D eigenvalue weighted by molar-refractivity contribution is 6.32. The van der Waals surface area contributed by atoms with Gasteiger partial charge in [-0.3, -0.25) is 0 Å². The molecule has 1 aromatic carbocycles. The average molecular weight is 254 g/mol. The fourth-order valence-electron chi connectivity index (χ4n) is 1.98. The van der Waals surface area contributed by atoms with Gasteiger partial charge in [0.1, 0.15) is 0 Å². The smallest absolute Gasteiger partial charge is 0.231 e. The van der Waals surface area contributed by atoms with Gasteiger partial charge < -0.3 is 15.2 Å². The summed E-state index contributed by atoms with van der Waals surface area (Å²) >= 11 is 6.27. The molecular weight excluding hydrogens is 238 g/mol. The first-order valence-corrected chi connectivity index (χ1v) is 6.01. The minimum absolute atomic E-state index is 0.259. The van der Waals surface area contributed by atoms with Gasteiger partial charge in [-0.05, 0) is 5.92 Å². The summed E-state index contributed by atoms with van der Waals surface area (Å²) in [6.07, 6.45) is 3.83. The molecule has 1 aromatic rings. The van der Waals surface area contributed by atoms with E-state index in [4.69, 9.17) is 26.8 Å². The summed E-state index contributed by atoms with van der Waals surface area (Å²) in [6, 6.07) is 1.80. The number of hydrogen-bond acceptors (Lipinski definition) is 3. The molecule has 1 aliphatic heterocycles. The monoisotopic (exact) mass is 253 g/mol. The Morgan fingerprint density at radius 2 is 2.24 bits per heavy atom. The van der Waals surface area contributed by atoms with E-state index in [1.165, 1.54) is 0 Å². The Morgan fingerprint density at radius 1 is 1.47 bits per heavy atom. The predicted octanol–water partition coefficient (Wildman–Crippen LogP) is 3.16. The summed E-state index contributed by atoms with van der Waals surface area (Å²) in [6.45, 7) is 4.96. The van der Waals surface area contributed by atoms with Crippen molar-refractivity contribution in [3.63, 3.8) is 0 Å². The zero-order valence-electron chi connectivity index (χ0n) is 10.00. The van der Waals surface area contributed by atoms with E-state index in [9.17, 15) is 0 Å². The van der Waals surface area contributed by atoms with Crippen molar-refractivity contribution in [3.8, 4) is 11.5 Å². The fourth-order valence-corrected chi connectivity index (χ4v) is 2.24. The lowest BCUT2D eigenvalue weighted by Gasteiger charge is -2.14. The minimum Gasteiger partial charge on any atom is -0.454 e. The first-order chi connectivity index (χ1) is 8.15. The number of rotatable bonds is 3. The Balaban J connectivity index is 2.60. The lowest BCUT2D eigenvalue weighted by molar-refractivity contribution is 0.173. The molecule has 0 radical (unpaired) electrons. The summed E-state index contributed by atoms with van der Waals surface area (Å²) in [5, 5.41) is 0.669. The maximum absolute atomic E-state index is 6.27. The average Bonchev–Trinajstić information content (AvgIpc) is 2.72. The minimum atomic E-state index is 0.259. The van der Waals surface area contributed by atoms with Gasteiger partial charge in [-0.15, -0.1) is 0 Å². The van der Waals surface area contributed by atoms with Crippen LogP contribution in [0.5, 0.6) is 11.5 Å². The van der Waals surface area contributed by atoms with Crippen molar-refractivity contribution in [2.45, 2.75) is 19.8 Å². The van der Waals surface area contributed by atoms with Crippen LogP contribution in [0.3, 0.4) is 0 Å². The Labute approximate surface area is 106 Å². The number of hydrogen-bond donors (Lipinski definition) is 1. The molecule has 0 aromatic heterocycles. The van der Waals surface area contributed by atoms with Gasteiger partial charge in [-0.25, -0.2) is 0 Å². The van der Waals surface area contributed by atoms with Gasteiger partial charge in [-0.2, -0.15) is 0 Å². The van der Waals surface area contributed by atoms with Crippen molar-refractivity contribution in [1.29, 1.82) is 0 Å². The van der Waals surface area contributed by atoms with Gasteiger partial charge in [0.25, 0.3) is 0 Å². The van der Waals surface area contributed by atoms with E-state index in [-0.39, 0.29) is 6.79 Å². The van der Waals surface area contributed by atoms with Crippen molar-refractivity contribution in [2.75, 3.05) is 13.3 Å². The predicted molar refractivity (Wildman–Crippen MR) is 69.8 cm³/mol. The highest BCUT2D eigenvalue weighted by atomic mass is 35.5. The fraction of sp³-hybridized carbons (Fsp3) is 0.385. The number of ether oxygens (including phenoxy) is 2. The number of fused-ring (bicyclic) bond motifs is 1. The second-order valence-corrected chi connectivity index (χ2v) is 4.62. The molecule has 0 bridgehead atoms. The van der Waals surface area contributed by atoms with E-state index in [0.29, 0.717) is 17.5 Å². The van der Waals surface area contributed by atoms with E-state index >= 15 is 0 Å². The van der Waals surface area contributed by atoms with E-state index in [1.807, 2.05) is 12.2 Å². The van der Waals surface area contributed by atoms with Crippen LogP contribution < -0.4 is 15.2 Å². The van der Waals surface area contributed by atoms with Gasteiger partial charge in [0.2, 0.25) is 6.79 Å². The molecule has 0 aliphatic carbocycles. The van der Waals surface area contributed by atoms with Crippen LogP contribution in [-0.4, -0.2) is 13.3 Å². The quantitative estimate of drug-likeness (QED) is 0.900. The molecule has 1 aliphatic rings. The summed E-state index contributed by atoms with van der Waals surface area (Å²) < 4.78 is 10.9. The molecule has 4 heteroatoms. The third kappa shape index (κ3) is 2.26. The summed E-state index contributed by atoms with van der Waals surface area (Å²) in [7, 11) is 0. The van der Waals surface area contributed by atoms with Crippen LogP contribution in [0.15, 0.2) is 12.1 Å². The second kappa shape index (κ2) is 4.98. The maximum atomic E-state index is 6.27. The van der Waals surface area contributed by atoms with Crippen LogP contribution in [0.2, 0.25) is 5.02 Å². The first kappa shape index (κ1) is 12.3. The van der Waals surface area contributed by atoms with Gasteiger partial charge in [0.05, 0.1) is 5.02 Å². The molecule has 0 saturated carbocycles. The van der Waals surface area contributed by atoms with Crippen LogP contribution >= 0.6 is 11.6 Å². The highest BCUT2D eigenvalue weighted by Gasteiger charge is 2.24.